The Labute approximate surface area is 153 Å². The highest BCUT2D eigenvalue weighted by Crippen LogP contribution is 2.19. The molecule has 0 bridgehead atoms. The fraction of sp³-hybridized carbons (Fsp3) is 0.400. The fourth-order valence-electron chi connectivity index (χ4n) is 2.88. The predicted molar refractivity (Wildman–Crippen MR) is 103 cm³/mol. The molecule has 0 spiro atoms. The SMILES string of the molecule is CCN(CC)[C@@H](CNC(=O)CCC(=O)c1cccs1)c1ccccc1. The highest BCUT2D eigenvalue weighted by Gasteiger charge is 2.19. The Hall–Kier alpha value is -1.98. The van der Waals surface area contributed by atoms with Gasteiger partial charge < -0.3 is 5.32 Å². The van der Waals surface area contributed by atoms with Crippen molar-refractivity contribution in [2.24, 2.45) is 0 Å². The van der Waals surface area contributed by atoms with Crippen molar-refractivity contribution in [3.63, 3.8) is 0 Å². The van der Waals surface area contributed by atoms with E-state index in [2.05, 4.69) is 36.2 Å². The number of hydrogen-bond donors (Lipinski definition) is 1. The minimum absolute atomic E-state index is 0.0357. The number of hydrogen-bond acceptors (Lipinski definition) is 4. The molecule has 1 aromatic heterocycles. The second-order valence-electron chi connectivity index (χ2n) is 5.85. The van der Waals surface area contributed by atoms with Crippen LogP contribution in [0, 0.1) is 0 Å². The first-order chi connectivity index (χ1) is 12.2. The van der Waals surface area contributed by atoms with Crippen LogP contribution in [-0.2, 0) is 4.79 Å². The lowest BCUT2D eigenvalue weighted by Crippen LogP contribution is -2.38. The summed E-state index contributed by atoms with van der Waals surface area (Å²) in [6.45, 7) is 6.64. The summed E-state index contributed by atoms with van der Waals surface area (Å²) in [5.41, 5.74) is 1.20. The van der Waals surface area contributed by atoms with E-state index in [9.17, 15) is 9.59 Å². The molecule has 2 aromatic rings. The van der Waals surface area contributed by atoms with Crippen LogP contribution in [0.5, 0.6) is 0 Å². The van der Waals surface area contributed by atoms with Gasteiger partial charge in [-0.25, -0.2) is 0 Å². The van der Waals surface area contributed by atoms with E-state index in [1.807, 2.05) is 29.6 Å². The second-order valence-corrected chi connectivity index (χ2v) is 6.80. The van der Waals surface area contributed by atoms with E-state index in [0.29, 0.717) is 6.54 Å². The van der Waals surface area contributed by atoms with Gasteiger partial charge in [0, 0.05) is 19.4 Å². The molecule has 25 heavy (non-hydrogen) atoms. The van der Waals surface area contributed by atoms with Gasteiger partial charge in [-0.3, -0.25) is 14.5 Å². The van der Waals surface area contributed by atoms with Gasteiger partial charge in [0.2, 0.25) is 5.91 Å². The molecule has 0 aliphatic heterocycles. The maximum absolute atomic E-state index is 12.2. The number of ketones is 1. The number of rotatable bonds is 10. The van der Waals surface area contributed by atoms with Gasteiger partial charge in [-0.2, -0.15) is 0 Å². The smallest absolute Gasteiger partial charge is 0.220 e. The van der Waals surface area contributed by atoms with Crippen molar-refractivity contribution in [3.8, 4) is 0 Å². The number of likely N-dealkylation sites (N-methyl/N-ethyl adjacent to an activating group) is 1. The lowest BCUT2D eigenvalue weighted by Gasteiger charge is -2.30. The summed E-state index contributed by atoms with van der Waals surface area (Å²) < 4.78 is 0. The minimum Gasteiger partial charge on any atom is -0.354 e. The molecule has 0 saturated carbocycles. The quantitative estimate of drug-likeness (QED) is 0.655. The Morgan fingerprint density at radius 2 is 1.76 bits per heavy atom. The van der Waals surface area contributed by atoms with E-state index >= 15 is 0 Å². The third-order valence-electron chi connectivity index (χ3n) is 4.31. The van der Waals surface area contributed by atoms with Crippen LogP contribution in [0.3, 0.4) is 0 Å². The molecule has 1 N–H and O–H groups in total. The highest BCUT2D eigenvalue weighted by molar-refractivity contribution is 7.12. The van der Waals surface area contributed by atoms with Gasteiger partial charge in [0.25, 0.3) is 0 Å². The van der Waals surface area contributed by atoms with Gasteiger partial charge in [-0.05, 0) is 30.1 Å². The Morgan fingerprint density at radius 1 is 1.04 bits per heavy atom. The zero-order chi connectivity index (χ0) is 18.1. The van der Waals surface area contributed by atoms with Crippen LogP contribution in [0.2, 0.25) is 0 Å². The van der Waals surface area contributed by atoms with Crippen LogP contribution in [0.4, 0.5) is 0 Å². The second kappa shape index (κ2) is 10.1. The van der Waals surface area contributed by atoms with Gasteiger partial charge in [-0.15, -0.1) is 11.3 Å². The molecule has 0 unspecified atom stereocenters. The Morgan fingerprint density at radius 3 is 2.36 bits per heavy atom. The highest BCUT2D eigenvalue weighted by atomic mass is 32.1. The summed E-state index contributed by atoms with van der Waals surface area (Å²) in [7, 11) is 0. The van der Waals surface area contributed by atoms with Crippen molar-refractivity contribution in [1.82, 2.24) is 10.2 Å². The maximum atomic E-state index is 12.2. The molecule has 1 atom stereocenters. The van der Waals surface area contributed by atoms with E-state index in [1.54, 1.807) is 6.07 Å². The molecule has 134 valence electrons. The Balaban J connectivity index is 1.89. The van der Waals surface area contributed by atoms with Gasteiger partial charge in [0.15, 0.2) is 5.78 Å². The predicted octanol–water partition coefficient (Wildman–Crippen LogP) is 3.91. The third kappa shape index (κ3) is 5.80. The topological polar surface area (TPSA) is 49.4 Å². The summed E-state index contributed by atoms with van der Waals surface area (Å²) in [6.07, 6.45) is 0.490. The summed E-state index contributed by atoms with van der Waals surface area (Å²) in [4.78, 5) is 27.2. The minimum atomic E-state index is -0.0713. The largest absolute Gasteiger partial charge is 0.354 e. The monoisotopic (exact) mass is 358 g/mol. The van der Waals surface area contributed by atoms with E-state index in [4.69, 9.17) is 0 Å². The first-order valence-corrected chi connectivity index (χ1v) is 9.66. The number of thiophene rings is 1. The zero-order valence-electron chi connectivity index (χ0n) is 14.9. The molecular weight excluding hydrogens is 332 g/mol. The van der Waals surface area contributed by atoms with Gasteiger partial charge in [0.1, 0.15) is 0 Å². The van der Waals surface area contributed by atoms with Crippen molar-refractivity contribution in [2.45, 2.75) is 32.7 Å². The number of nitrogens with zero attached hydrogens (tertiary/aromatic N) is 1. The average Bonchev–Trinajstić information content (AvgIpc) is 3.18. The molecule has 0 aliphatic carbocycles. The summed E-state index contributed by atoms with van der Waals surface area (Å²) in [5.74, 6) is -0.0357. The molecule has 1 heterocycles. The van der Waals surface area contributed by atoms with Crippen LogP contribution in [0.25, 0.3) is 0 Å². The summed E-state index contributed by atoms with van der Waals surface area (Å²) >= 11 is 1.42. The van der Waals surface area contributed by atoms with Gasteiger partial charge >= 0.3 is 0 Å². The van der Waals surface area contributed by atoms with E-state index in [1.165, 1.54) is 16.9 Å². The van der Waals surface area contributed by atoms with E-state index in [0.717, 1.165) is 18.0 Å². The number of Topliss-reactive ketones (excluding diaryl/α,β-unsaturated/α-hetero) is 1. The average molecular weight is 359 g/mol. The van der Waals surface area contributed by atoms with Gasteiger partial charge in [-0.1, -0.05) is 50.2 Å². The maximum Gasteiger partial charge on any atom is 0.220 e. The van der Waals surface area contributed by atoms with Crippen LogP contribution in [-0.4, -0.2) is 36.2 Å². The molecule has 2 rings (SSSR count). The van der Waals surface area contributed by atoms with Crippen molar-refractivity contribution < 1.29 is 9.59 Å². The normalized spacial score (nSPS) is 12.1. The molecular formula is C20H26N2O2S. The number of nitrogens with one attached hydrogen (secondary N) is 1. The molecule has 1 amide bonds. The van der Waals surface area contributed by atoms with Crippen molar-refractivity contribution in [2.75, 3.05) is 19.6 Å². The molecule has 4 nitrogen and oxygen atoms in total. The Kier molecular flexibility index (Phi) is 7.82. The summed E-state index contributed by atoms with van der Waals surface area (Å²) in [6, 6.07) is 14.0. The van der Waals surface area contributed by atoms with Crippen molar-refractivity contribution in [3.05, 3.63) is 58.3 Å². The van der Waals surface area contributed by atoms with Crippen LogP contribution < -0.4 is 5.32 Å². The third-order valence-corrected chi connectivity index (χ3v) is 5.22. The molecule has 0 saturated heterocycles. The van der Waals surface area contributed by atoms with Crippen LogP contribution >= 0.6 is 11.3 Å². The molecule has 0 fully saturated rings. The lowest BCUT2D eigenvalue weighted by molar-refractivity contribution is -0.121. The first-order valence-electron chi connectivity index (χ1n) is 8.78. The summed E-state index contributed by atoms with van der Waals surface area (Å²) in [5, 5.41) is 4.88. The number of carbonyl (C=O) groups excluding carboxylic acids is 2. The van der Waals surface area contributed by atoms with Gasteiger partial charge in [0.05, 0.1) is 10.9 Å². The molecule has 0 aliphatic rings. The number of benzene rings is 1. The number of amides is 1. The van der Waals surface area contributed by atoms with E-state index in [-0.39, 0.29) is 30.6 Å². The van der Waals surface area contributed by atoms with Crippen molar-refractivity contribution in [1.29, 1.82) is 0 Å². The molecule has 0 radical (unpaired) electrons. The zero-order valence-corrected chi connectivity index (χ0v) is 15.7. The van der Waals surface area contributed by atoms with Crippen LogP contribution in [0.15, 0.2) is 47.8 Å². The molecule has 5 heteroatoms. The standard InChI is InChI=1S/C20H26N2O2S/c1-3-22(4-2)17(16-9-6-5-7-10-16)15-21-20(24)13-12-18(23)19-11-8-14-25-19/h5-11,14,17H,3-4,12-13,15H2,1-2H3,(H,21,24)/t17-/m0/s1. The van der Waals surface area contributed by atoms with Crippen LogP contribution in [0.1, 0.15) is 48.0 Å². The lowest BCUT2D eigenvalue weighted by atomic mass is 10.0. The molecule has 1 aromatic carbocycles. The Bertz CT molecular complexity index is 652. The fourth-order valence-corrected chi connectivity index (χ4v) is 3.58. The van der Waals surface area contributed by atoms with Crippen molar-refractivity contribution >= 4 is 23.0 Å². The first kappa shape index (κ1) is 19.3. The number of carbonyl (C=O) groups is 2. The van der Waals surface area contributed by atoms with E-state index < -0.39 is 0 Å².